The van der Waals surface area contributed by atoms with Gasteiger partial charge in [-0.25, -0.2) is 0 Å². The van der Waals surface area contributed by atoms with Crippen LogP contribution in [0.15, 0.2) is 42.0 Å². The fourth-order valence-corrected chi connectivity index (χ4v) is 2.91. The molecule has 0 spiro atoms. The van der Waals surface area contributed by atoms with Gasteiger partial charge in [0.1, 0.15) is 5.75 Å². The van der Waals surface area contributed by atoms with E-state index in [4.69, 9.17) is 4.74 Å². The van der Waals surface area contributed by atoms with Gasteiger partial charge in [-0.1, -0.05) is 49.8 Å². The van der Waals surface area contributed by atoms with Crippen molar-refractivity contribution < 1.29 is 4.74 Å². The zero-order chi connectivity index (χ0) is 13.9. The van der Waals surface area contributed by atoms with E-state index in [2.05, 4.69) is 51.1 Å². The number of hydrogen-bond donors (Lipinski definition) is 0. The molecule has 1 aromatic carbocycles. The zero-order valence-electron chi connectivity index (χ0n) is 12.4. The van der Waals surface area contributed by atoms with Gasteiger partial charge in [-0.3, -0.25) is 0 Å². The van der Waals surface area contributed by atoms with Gasteiger partial charge in [0.2, 0.25) is 0 Å². The highest BCUT2D eigenvalue weighted by Gasteiger charge is 2.30. The molecule has 0 saturated heterocycles. The van der Waals surface area contributed by atoms with E-state index in [0.717, 1.165) is 5.75 Å². The largest absolute Gasteiger partial charge is 0.497 e. The third-order valence-corrected chi connectivity index (χ3v) is 4.18. The lowest BCUT2D eigenvalue weighted by Crippen LogP contribution is -2.26. The second-order valence-corrected chi connectivity index (χ2v) is 6.09. The average Bonchev–Trinajstić information content (AvgIpc) is 2.38. The molecule has 0 amide bonds. The molecule has 2 rings (SSSR count). The first-order valence-electron chi connectivity index (χ1n) is 7.02. The van der Waals surface area contributed by atoms with Crippen LogP contribution in [0.3, 0.4) is 0 Å². The fourth-order valence-electron chi connectivity index (χ4n) is 2.91. The Kier molecular flexibility index (Phi) is 4.14. The molecule has 1 aromatic rings. The van der Waals surface area contributed by atoms with Crippen LogP contribution < -0.4 is 4.74 Å². The Hall–Kier alpha value is -1.50. The number of allylic oxidation sites excluding steroid dienone is 3. The van der Waals surface area contributed by atoms with Crippen LogP contribution in [0.2, 0.25) is 0 Å². The molecular formula is C18H24O. The normalized spacial score (nSPS) is 22.3. The Morgan fingerprint density at radius 3 is 2.47 bits per heavy atom. The van der Waals surface area contributed by atoms with Crippen molar-refractivity contribution in [3.8, 4) is 5.75 Å². The van der Waals surface area contributed by atoms with Crippen LogP contribution in [-0.2, 0) is 0 Å². The molecule has 19 heavy (non-hydrogen) atoms. The highest BCUT2D eigenvalue weighted by atomic mass is 16.5. The predicted molar refractivity (Wildman–Crippen MR) is 82.3 cm³/mol. The van der Waals surface area contributed by atoms with Gasteiger partial charge in [0.25, 0.3) is 0 Å². The van der Waals surface area contributed by atoms with Crippen molar-refractivity contribution in [3.63, 3.8) is 0 Å². The quantitative estimate of drug-likeness (QED) is 0.684. The maximum absolute atomic E-state index is 5.18. The minimum absolute atomic E-state index is 0.363. The van der Waals surface area contributed by atoms with Gasteiger partial charge in [-0.05, 0) is 42.9 Å². The summed E-state index contributed by atoms with van der Waals surface area (Å²) in [5, 5.41) is 0. The minimum atomic E-state index is 0.363. The van der Waals surface area contributed by atoms with E-state index in [1.54, 1.807) is 7.11 Å². The van der Waals surface area contributed by atoms with Crippen molar-refractivity contribution in [1.29, 1.82) is 0 Å². The van der Waals surface area contributed by atoms with E-state index in [1.807, 2.05) is 12.1 Å². The molecule has 0 bridgehead atoms. The predicted octanol–water partition coefficient (Wildman–Crippen LogP) is 5.09. The number of benzene rings is 1. The molecule has 102 valence electrons. The van der Waals surface area contributed by atoms with Crippen LogP contribution in [0.25, 0.3) is 6.08 Å². The van der Waals surface area contributed by atoms with E-state index >= 15 is 0 Å². The van der Waals surface area contributed by atoms with Gasteiger partial charge < -0.3 is 4.74 Å². The van der Waals surface area contributed by atoms with Crippen molar-refractivity contribution in [2.75, 3.05) is 7.11 Å². The highest BCUT2D eigenvalue weighted by molar-refractivity contribution is 5.51. The van der Waals surface area contributed by atoms with E-state index in [1.165, 1.54) is 24.0 Å². The number of ether oxygens (including phenoxy) is 1. The summed E-state index contributed by atoms with van der Waals surface area (Å²) in [7, 11) is 1.70. The van der Waals surface area contributed by atoms with Crippen LogP contribution in [0.4, 0.5) is 0 Å². The summed E-state index contributed by atoms with van der Waals surface area (Å²) in [6.45, 7) is 6.99. The van der Waals surface area contributed by atoms with Crippen molar-refractivity contribution in [2.24, 2.45) is 11.3 Å². The molecule has 1 aliphatic carbocycles. The lowest BCUT2D eigenvalue weighted by molar-refractivity contribution is 0.256. The smallest absolute Gasteiger partial charge is 0.118 e. The first-order valence-corrected chi connectivity index (χ1v) is 7.02. The Labute approximate surface area is 117 Å². The highest BCUT2D eigenvalue weighted by Crippen LogP contribution is 2.41. The third-order valence-electron chi connectivity index (χ3n) is 4.18. The van der Waals surface area contributed by atoms with E-state index in [-0.39, 0.29) is 0 Å². The zero-order valence-corrected chi connectivity index (χ0v) is 12.4. The van der Waals surface area contributed by atoms with E-state index in [9.17, 15) is 0 Å². The van der Waals surface area contributed by atoms with Gasteiger partial charge in [0, 0.05) is 5.92 Å². The molecule has 0 saturated carbocycles. The van der Waals surface area contributed by atoms with Crippen molar-refractivity contribution in [3.05, 3.63) is 47.6 Å². The summed E-state index contributed by atoms with van der Waals surface area (Å²) in [4.78, 5) is 0. The molecule has 1 aliphatic rings. The molecule has 1 heteroatoms. The summed E-state index contributed by atoms with van der Waals surface area (Å²) >= 11 is 0. The molecule has 0 fully saturated rings. The monoisotopic (exact) mass is 256 g/mol. The SMILES string of the molecule is COc1ccc(/C=C/[C@H]2C(C)=CCCC2(C)C)cc1. The third kappa shape index (κ3) is 3.28. The molecule has 0 radical (unpaired) electrons. The topological polar surface area (TPSA) is 9.23 Å². The summed E-state index contributed by atoms with van der Waals surface area (Å²) in [5.41, 5.74) is 3.10. The molecule has 0 N–H and O–H groups in total. The molecule has 0 aromatic heterocycles. The van der Waals surface area contributed by atoms with Crippen molar-refractivity contribution in [1.82, 2.24) is 0 Å². The van der Waals surface area contributed by atoms with E-state index in [0.29, 0.717) is 11.3 Å². The van der Waals surface area contributed by atoms with Gasteiger partial charge in [0.15, 0.2) is 0 Å². The van der Waals surface area contributed by atoms with Gasteiger partial charge in [0.05, 0.1) is 7.11 Å². The van der Waals surface area contributed by atoms with Crippen LogP contribution >= 0.6 is 0 Å². The number of hydrogen-bond acceptors (Lipinski definition) is 1. The molecular weight excluding hydrogens is 232 g/mol. The number of rotatable bonds is 3. The van der Waals surface area contributed by atoms with Gasteiger partial charge >= 0.3 is 0 Å². The van der Waals surface area contributed by atoms with Crippen LogP contribution in [-0.4, -0.2) is 7.11 Å². The molecule has 0 unspecified atom stereocenters. The Morgan fingerprint density at radius 1 is 1.21 bits per heavy atom. The lowest BCUT2D eigenvalue weighted by atomic mass is 9.68. The van der Waals surface area contributed by atoms with Crippen LogP contribution in [0.1, 0.15) is 39.2 Å². The standard InChI is InChI=1S/C18H24O/c1-14-6-5-13-18(2,3)17(14)12-9-15-7-10-16(19-4)11-8-15/h6-12,17H,5,13H2,1-4H3/b12-9+/t17-/m0/s1. The Morgan fingerprint density at radius 2 is 1.89 bits per heavy atom. The summed E-state index contributed by atoms with van der Waals surface area (Å²) in [5.74, 6) is 1.45. The molecule has 1 atom stereocenters. The second kappa shape index (κ2) is 5.64. The van der Waals surface area contributed by atoms with Crippen LogP contribution in [0.5, 0.6) is 5.75 Å². The van der Waals surface area contributed by atoms with Gasteiger partial charge in [-0.15, -0.1) is 0 Å². The average molecular weight is 256 g/mol. The molecule has 1 nitrogen and oxygen atoms in total. The lowest BCUT2D eigenvalue weighted by Gasteiger charge is -2.36. The Bertz CT molecular complexity index is 477. The van der Waals surface area contributed by atoms with Gasteiger partial charge in [-0.2, -0.15) is 0 Å². The number of methoxy groups -OCH3 is 1. The summed E-state index contributed by atoms with van der Waals surface area (Å²) in [6, 6.07) is 8.22. The van der Waals surface area contributed by atoms with Crippen molar-refractivity contribution in [2.45, 2.75) is 33.6 Å². The van der Waals surface area contributed by atoms with Crippen molar-refractivity contribution >= 4 is 6.08 Å². The van der Waals surface area contributed by atoms with Crippen LogP contribution in [0, 0.1) is 11.3 Å². The molecule has 0 heterocycles. The minimum Gasteiger partial charge on any atom is -0.497 e. The summed E-state index contributed by atoms with van der Waals surface area (Å²) < 4.78 is 5.18. The second-order valence-electron chi connectivity index (χ2n) is 6.09. The fraction of sp³-hybridized carbons (Fsp3) is 0.444. The Balaban J connectivity index is 2.16. The maximum atomic E-state index is 5.18. The van der Waals surface area contributed by atoms with E-state index < -0.39 is 0 Å². The first-order chi connectivity index (χ1) is 9.03. The first kappa shape index (κ1) is 13.9. The maximum Gasteiger partial charge on any atom is 0.118 e. The molecule has 0 aliphatic heterocycles. The summed E-state index contributed by atoms with van der Waals surface area (Å²) in [6.07, 6.45) is 9.45.